The van der Waals surface area contributed by atoms with Crippen LogP contribution in [0.15, 0.2) is 18.2 Å². The Hall–Kier alpha value is -0.980. The molecule has 1 rings (SSSR count). The second-order valence-corrected chi connectivity index (χ2v) is 6.76. The molecule has 0 heterocycles. The van der Waals surface area contributed by atoms with Crippen LogP contribution in [0.3, 0.4) is 0 Å². The molecule has 1 aromatic rings. The molecule has 0 aliphatic rings. The van der Waals surface area contributed by atoms with Gasteiger partial charge in [-0.15, -0.1) is 0 Å². The third-order valence-electron chi connectivity index (χ3n) is 2.64. The summed E-state index contributed by atoms with van der Waals surface area (Å²) in [6.45, 7) is 1.07. The molecule has 0 spiro atoms. The van der Waals surface area contributed by atoms with Crippen molar-refractivity contribution in [2.24, 2.45) is 5.73 Å². The molecule has 6 heteroatoms. The molecule has 0 aromatic heterocycles. The Labute approximate surface area is 108 Å². The molecule has 0 unspecified atom stereocenters. The topological polar surface area (TPSA) is 63.4 Å². The highest BCUT2D eigenvalue weighted by Crippen LogP contribution is 2.12. The summed E-state index contributed by atoms with van der Waals surface area (Å²) >= 11 is 0. The van der Waals surface area contributed by atoms with E-state index in [1.165, 1.54) is 12.3 Å². The maximum Gasteiger partial charge on any atom is 0.148 e. The van der Waals surface area contributed by atoms with Gasteiger partial charge in [-0.3, -0.25) is 0 Å². The fourth-order valence-electron chi connectivity index (χ4n) is 1.54. The molecule has 0 atom stereocenters. The molecule has 0 saturated carbocycles. The summed E-state index contributed by atoms with van der Waals surface area (Å²) < 4.78 is 35.7. The molecule has 4 nitrogen and oxygen atoms in total. The zero-order valence-corrected chi connectivity index (χ0v) is 11.5. The van der Waals surface area contributed by atoms with E-state index < -0.39 is 9.84 Å². The third kappa shape index (κ3) is 5.12. The summed E-state index contributed by atoms with van der Waals surface area (Å²) in [6, 6.07) is 4.89. The molecule has 2 N–H and O–H groups in total. The molecule has 0 fully saturated rings. The maximum atomic E-state index is 13.7. The van der Waals surface area contributed by atoms with Crippen LogP contribution in [0.5, 0.6) is 0 Å². The summed E-state index contributed by atoms with van der Waals surface area (Å²) in [5.41, 5.74) is 6.71. The lowest BCUT2D eigenvalue weighted by Crippen LogP contribution is -2.25. The van der Waals surface area contributed by atoms with Crippen LogP contribution in [0.2, 0.25) is 0 Å². The largest absolute Gasteiger partial charge is 0.326 e. The summed E-state index contributed by atoms with van der Waals surface area (Å²) in [6.07, 6.45) is 1.19. The molecule has 0 bridgehead atoms. The second kappa shape index (κ2) is 6.26. The van der Waals surface area contributed by atoms with Gasteiger partial charge in [0, 0.05) is 31.5 Å². The number of rotatable bonds is 6. The van der Waals surface area contributed by atoms with Crippen molar-refractivity contribution in [2.75, 3.05) is 25.6 Å². The highest BCUT2D eigenvalue weighted by Gasteiger charge is 2.09. The lowest BCUT2D eigenvalue weighted by atomic mass is 10.1. The van der Waals surface area contributed by atoms with Gasteiger partial charge in [0.15, 0.2) is 0 Å². The average molecular weight is 274 g/mol. The molecule has 18 heavy (non-hydrogen) atoms. The van der Waals surface area contributed by atoms with Crippen LogP contribution in [-0.2, 0) is 22.9 Å². The molecule has 0 amide bonds. The van der Waals surface area contributed by atoms with E-state index in [4.69, 9.17) is 5.73 Å². The van der Waals surface area contributed by atoms with E-state index in [0.717, 1.165) is 5.56 Å². The normalized spacial score (nSPS) is 12.1. The van der Waals surface area contributed by atoms with Crippen LogP contribution < -0.4 is 5.73 Å². The van der Waals surface area contributed by atoms with Gasteiger partial charge in [0.2, 0.25) is 0 Å². The SMILES string of the molecule is CN(CCS(C)(=O)=O)Cc1ccc(CN)cc1F. The molecule has 1 aromatic carbocycles. The van der Waals surface area contributed by atoms with Gasteiger partial charge in [-0.25, -0.2) is 12.8 Å². The van der Waals surface area contributed by atoms with Gasteiger partial charge < -0.3 is 10.6 Å². The van der Waals surface area contributed by atoms with Gasteiger partial charge in [0.25, 0.3) is 0 Å². The minimum absolute atomic E-state index is 0.0754. The summed E-state index contributed by atoms with van der Waals surface area (Å²) in [5, 5.41) is 0. The Morgan fingerprint density at radius 3 is 2.56 bits per heavy atom. The number of hydrogen-bond donors (Lipinski definition) is 1. The van der Waals surface area contributed by atoms with Crippen molar-refractivity contribution in [3.63, 3.8) is 0 Å². The average Bonchev–Trinajstić information content (AvgIpc) is 2.28. The highest BCUT2D eigenvalue weighted by molar-refractivity contribution is 7.90. The Kier molecular flexibility index (Phi) is 5.25. The van der Waals surface area contributed by atoms with Crippen molar-refractivity contribution < 1.29 is 12.8 Å². The van der Waals surface area contributed by atoms with Crippen molar-refractivity contribution in [3.05, 3.63) is 35.1 Å². The lowest BCUT2D eigenvalue weighted by molar-refractivity contribution is 0.340. The molecule has 102 valence electrons. The molecular formula is C12H19FN2O2S. The monoisotopic (exact) mass is 274 g/mol. The minimum atomic E-state index is -2.98. The second-order valence-electron chi connectivity index (χ2n) is 4.50. The first kappa shape index (κ1) is 15.1. The predicted molar refractivity (Wildman–Crippen MR) is 70.3 cm³/mol. The number of halogens is 1. The molecular weight excluding hydrogens is 255 g/mol. The zero-order chi connectivity index (χ0) is 13.8. The predicted octanol–water partition coefficient (Wildman–Crippen LogP) is 0.761. The molecule has 0 aliphatic carbocycles. The quantitative estimate of drug-likeness (QED) is 0.832. The first-order valence-electron chi connectivity index (χ1n) is 5.65. The van der Waals surface area contributed by atoms with Crippen LogP contribution in [-0.4, -0.2) is 38.9 Å². The number of hydrogen-bond acceptors (Lipinski definition) is 4. The lowest BCUT2D eigenvalue weighted by Gasteiger charge is -2.16. The summed E-state index contributed by atoms with van der Waals surface area (Å²) in [4.78, 5) is 1.78. The number of benzene rings is 1. The first-order chi connectivity index (χ1) is 8.31. The van der Waals surface area contributed by atoms with Gasteiger partial charge in [0.05, 0.1) is 5.75 Å². The van der Waals surface area contributed by atoms with Gasteiger partial charge in [0.1, 0.15) is 15.7 Å². The van der Waals surface area contributed by atoms with Crippen molar-refractivity contribution in [2.45, 2.75) is 13.1 Å². The third-order valence-corrected chi connectivity index (χ3v) is 3.56. The Morgan fingerprint density at radius 2 is 2.06 bits per heavy atom. The standard InChI is InChI=1S/C12H19FN2O2S/c1-15(5-6-18(2,16)17)9-11-4-3-10(8-14)7-12(11)13/h3-4,7H,5-6,8-9,14H2,1-2H3. The minimum Gasteiger partial charge on any atom is -0.326 e. The van der Waals surface area contributed by atoms with E-state index in [1.54, 1.807) is 24.1 Å². The van der Waals surface area contributed by atoms with Crippen molar-refractivity contribution >= 4 is 9.84 Å². The van der Waals surface area contributed by atoms with E-state index in [-0.39, 0.29) is 11.6 Å². The number of sulfone groups is 1. The zero-order valence-electron chi connectivity index (χ0n) is 10.7. The Balaban J connectivity index is 2.62. The fraction of sp³-hybridized carbons (Fsp3) is 0.500. The van der Waals surface area contributed by atoms with Gasteiger partial charge in [-0.05, 0) is 18.7 Å². The molecule has 0 radical (unpaired) electrons. The van der Waals surface area contributed by atoms with E-state index in [0.29, 0.717) is 25.2 Å². The van der Waals surface area contributed by atoms with Crippen molar-refractivity contribution in [3.8, 4) is 0 Å². The van der Waals surface area contributed by atoms with Gasteiger partial charge in [-0.1, -0.05) is 12.1 Å². The Morgan fingerprint density at radius 1 is 1.39 bits per heavy atom. The van der Waals surface area contributed by atoms with Crippen molar-refractivity contribution in [1.82, 2.24) is 4.90 Å². The Bertz CT molecular complexity index is 503. The van der Waals surface area contributed by atoms with Crippen LogP contribution in [0.4, 0.5) is 4.39 Å². The van der Waals surface area contributed by atoms with Crippen LogP contribution in [0.25, 0.3) is 0 Å². The van der Waals surface area contributed by atoms with Crippen molar-refractivity contribution in [1.29, 1.82) is 0 Å². The van der Waals surface area contributed by atoms with E-state index in [9.17, 15) is 12.8 Å². The molecule has 0 saturated heterocycles. The first-order valence-corrected chi connectivity index (χ1v) is 7.71. The molecule has 0 aliphatic heterocycles. The fourth-order valence-corrected chi connectivity index (χ4v) is 2.18. The van der Waals surface area contributed by atoms with E-state index >= 15 is 0 Å². The van der Waals surface area contributed by atoms with Crippen LogP contribution in [0, 0.1) is 5.82 Å². The number of nitrogens with two attached hydrogens (primary N) is 1. The smallest absolute Gasteiger partial charge is 0.148 e. The maximum absolute atomic E-state index is 13.7. The summed E-state index contributed by atoms with van der Waals surface area (Å²) in [7, 11) is -1.22. The van der Waals surface area contributed by atoms with Crippen LogP contribution >= 0.6 is 0 Å². The summed E-state index contributed by atoms with van der Waals surface area (Å²) in [5.74, 6) is -0.226. The number of nitrogens with zero attached hydrogens (tertiary/aromatic N) is 1. The highest BCUT2D eigenvalue weighted by atomic mass is 32.2. The van der Waals surface area contributed by atoms with Gasteiger partial charge >= 0.3 is 0 Å². The van der Waals surface area contributed by atoms with Gasteiger partial charge in [-0.2, -0.15) is 0 Å². The van der Waals surface area contributed by atoms with E-state index in [1.807, 2.05) is 0 Å². The van der Waals surface area contributed by atoms with E-state index in [2.05, 4.69) is 0 Å². The van der Waals surface area contributed by atoms with Crippen LogP contribution in [0.1, 0.15) is 11.1 Å².